The third-order valence-corrected chi connectivity index (χ3v) is 6.09. The zero-order valence-corrected chi connectivity index (χ0v) is 21.1. The summed E-state index contributed by atoms with van der Waals surface area (Å²) in [6.45, 7) is 9.68. The maximum Gasteiger partial charge on any atom is 0.250 e. The molecule has 1 N–H and O–H groups in total. The van der Waals surface area contributed by atoms with Crippen molar-refractivity contribution in [2.45, 2.75) is 26.2 Å². The molecule has 4 aromatic rings. The quantitative estimate of drug-likeness (QED) is 0.408. The molecule has 182 valence electrons. The minimum Gasteiger partial charge on any atom is -0.354 e. The average molecular weight is 488 g/mol. The Kier molecular flexibility index (Phi) is 6.69. The van der Waals surface area contributed by atoms with Gasteiger partial charge in [-0.3, -0.25) is 19.7 Å². The van der Waals surface area contributed by atoms with Crippen molar-refractivity contribution < 1.29 is 0 Å². The van der Waals surface area contributed by atoms with E-state index < -0.39 is 5.41 Å². The highest BCUT2D eigenvalue weighted by atomic mass is 16.1. The molecule has 0 fully saturated rings. The molecule has 8 nitrogen and oxygen atoms in total. The van der Waals surface area contributed by atoms with E-state index in [4.69, 9.17) is 0 Å². The van der Waals surface area contributed by atoms with Crippen LogP contribution in [0.5, 0.6) is 0 Å². The van der Waals surface area contributed by atoms with E-state index in [1.807, 2.05) is 39.0 Å². The molecule has 0 aliphatic carbocycles. The van der Waals surface area contributed by atoms with Crippen molar-refractivity contribution in [1.82, 2.24) is 19.5 Å². The van der Waals surface area contributed by atoms with Crippen molar-refractivity contribution in [3.8, 4) is 34.5 Å². The molecule has 0 atom stereocenters. The lowest BCUT2D eigenvalue weighted by Gasteiger charge is -2.17. The number of anilines is 1. The molecular weight excluding hydrogens is 462 g/mol. The Morgan fingerprint density at radius 3 is 2.54 bits per heavy atom. The first-order valence-electron chi connectivity index (χ1n) is 11.5. The van der Waals surface area contributed by atoms with Gasteiger partial charge in [0.2, 0.25) is 5.56 Å². The lowest BCUT2D eigenvalue weighted by Crippen LogP contribution is -2.16. The molecule has 37 heavy (non-hydrogen) atoms. The van der Waals surface area contributed by atoms with E-state index in [1.54, 1.807) is 44.0 Å². The summed E-state index contributed by atoms with van der Waals surface area (Å²) in [4.78, 5) is 25.2. The molecule has 8 heteroatoms. The van der Waals surface area contributed by atoms with Gasteiger partial charge < -0.3 is 9.88 Å². The minimum atomic E-state index is -0.721. The average Bonchev–Trinajstić information content (AvgIpc) is 2.91. The molecule has 0 saturated carbocycles. The van der Waals surface area contributed by atoms with Crippen molar-refractivity contribution >= 4 is 11.4 Å². The van der Waals surface area contributed by atoms with Crippen LogP contribution in [-0.2, 0) is 12.5 Å². The predicted octanol–water partition coefficient (Wildman–Crippen LogP) is 4.97. The van der Waals surface area contributed by atoms with Gasteiger partial charge in [-0.25, -0.2) is 0 Å². The molecule has 0 aliphatic rings. The van der Waals surface area contributed by atoms with Crippen molar-refractivity contribution in [2.24, 2.45) is 7.05 Å². The smallest absolute Gasteiger partial charge is 0.250 e. The van der Waals surface area contributed by atoms with Crippen LogP contribution in [0.1, 0.15) is 36.4 Å². The summed E-state index contributed by atoms with van der Waals surface area (Å²) in [5.74, 6) is 0. The highest BCUT2D eigenvalue weighted by Crippen LogP contribution is 2.30. The molecule has 0 unspecified atom stereocenters. The third kappa shape index (κ3) is 5.14. The summed E-state index contributed by atoms with van der Waals surface area (Å²) in [6, 6.07) is 15.0. The highest BCUT2D eigenvalue weighted by Gasteiger charge is 2.22. The first-order valence-corrected chi connectivity index (χ1v) is 11.5. The number of hydrogen-bond donors (Lipinski definition) is 1. The van der Waals surface area contributed by atoms with Crippen LogP contribution in [0.2, 0.25) is 0 Å². The molecule has 0 aliphatic heterocycles. The molecule has 0 saturated heterocycles. The van der Waals surface area contributed by atoms with E-state index in [9.17, 15) is 15.3 Å². The zero-order chi connectivity index (χ0) is 26.7. The van der Waals surface area contributed by atoms with E-state index in [1.165, 1.54) is 10.6 Å². The second-order valence-corrected chi connectivity index (χ2v) is 9.23. The number of rotatable bonds is 6. The van der Waals surface area contributed by atoms with E-state index in [2.05, 4.69) is 39.0 Å². The molecule has 0 spiro atoms. The number of hydrogen-bond acceptors (Lipinski definition) is 7. The van der Waals surface area contributed by atoms with Gasteiger partial charge in [-0.1, -0.05) is 6.58 Å². The van der Waals surface area contributed by atoms with Gasteiger partial charge in [-0.2, -0.15) is 10.5 Å². The van der Waals surface area contributed by atoms with Crippen LogP contribution in [0.4, 0.5) is 5.69 Å². The highest BCUT2D eigenvalue weighted by molar-refractivity contribution is 5.79. The molecule has 4 rings (SSSR count). The number of nitrogens with zero attached hydrogens (tertiary/aromatic N) is 6. The SMILES string of the molecule is C=C(Nc1cnc(C)c(-c2cnc(-c3ccc(=O)n(C)c3)c(C#N)c2)c1)c1ccnc(C(C)(C)C#N)c1. The van der Waals surface area contributed by atoms with Gasteiger partial charge >= 0.3 is 0 Å². The van der Waals surface area contributed by atoms with Gasteiger partial charge in [0, 0.05) is 65.3 Å². The summed E-state index contributed by atoms with van der Waals surface area (Å²) in [7, 11) is 1.66. The maximum absolute atomic E-state index is 11.7. The first kappa shape index (κ1) is 25.0. The van der Waals surface area contributed by atoms with Crippen molar-refractivity contribution in [1.29, 1.82) is 10.5 Å². The van der Waals surface area contributed by atoms with Gasteiger partial charge in [0.15, 0.2) is 0 Å². The van der Waals surface area contributed by atoms with Crippen LogP contribution in [-0.4, -0.2) is 19.5 Å². The molecular formula is C29H25N7O. The van der Waals surface area contributed by atoms with Crippen LogP contribution >= 0.6 is 0 Å². The Bertz CT molecular complexity index is 1670. The van der Waals surface area contributed by atoms with Crippen LogP contribution < -0.4 is 10.9 Å². The third-order valence-electron chi connectivity index (χ3n) is 6.09. The van der Waals surface area contributed by atoms with E-state index >= 15 is 0 Å². The zero-order valence-electron chi connectivity index (χ0n) is 21.1. The van der Waals surface area contributed by atoms with Crippen LogP contribution in [0.25, 0.3) is 28.1 Å². The van der Waals surface area contributed by atoms with Gasteiger partial charge in [0.1, 0.15) is 6.07 Å². The Balaban J connectivity index is 1.66. The van der Waals surface area contributed by atoms with Crippen LogP contribution in [0.15, 0.2) is 72.6 Å². The second kappa shape index (κ2) is 9.88. The lowest BCUT2D eigenvalue weighted by molar-refractivity contribution is 0.659. The fourth-order valence-electron chi connectivity index (χ4n) is 3.82. The van der Waals surface area contributed by atoms with E-state index in [0.29, 0.717) is 33.9 Å². The minimum absolute atomic E-state index is 0.136. The summed E-state index contributed by atoms with van der Waals surface area (Å²) < 4.78 is 1.45. The number of nitrogens with one attached hydrogen (secondary N) is 1. The monoisotopic (exact) mass is 487 g/mol. The maximum atomic E-state index is 11.7. The number of aromatic nitrogens is 4. The van der Waals surface area contributed by atoms with Gasteiger partial charge in [0.05, 0.1) is 40.3 Å². The Morgan fingerprint density at radius 2 is 1.84 bits per heavy atom. The fraction of sp³-hybridized carbons (Fsp3) is 0.172. The fourth-order valence-corrected chi connectivity index (χ4v) is 3.82. The first-order chi connectivity index (χ1) is 17.6. The summed E-state index contributed by atoms with van der Waals surface area (Å²) >= 11 is 0. The molecule has 0 amide bonds. The lowest BCUT2D eigenvalue weighted by atomic mass is 9.90. The molecule has 4 aromatic heterocycles. The van der Waals surface area contributed by atoms with Gasteiger partial charge in [0.25, 0.3) is 0 Å². The Morgan fingerprint density at radius 1 is 1.05 bits per heavy atom. The molecule has 0 bridgehead atoms. The van der Waals surface area contributed by atoms with Gasteiger partial charge in [-0.15, -0.1) is 0 Å². The number of pyridine rings is 4. The predicted molar refractivity (Wildman–Crippen MR) is 143 cm³/mol. The normalized spacial score (nSPS) is 10.9. The van der Waals surface area contributed by atoms with Crippen LogP contribution in [0.3, 0.4) is 0 Å². The number of aryl methyl sites for hydroxylation is 2. The summed E-state index contributed by atoms with van der Waals surface area (Å²) in [5.41, 5.74) is 5.87. The second-order valence-electron chi connectivity index (χ2n) is 9.23. The van der Waals surface area contributed by atoms with Gasteiger partial charge in [-0.05, 0) is 51.1 Å². The molecule has 0 radical (unpaired) electrons. The van der Waals surface area contributed by atoms with Crippen molar-refractivity contribution in [3.05, 3.63) is 101 Å². The Labute approximate surface area is 215 Å². The van der Waals surface area contributed by atoms with Crippen LogP contribution in [0, 0.1) is 29.6 Å². The number of nitriles is 2. The molecule has 0 aromatic carbocycles. The van der Waals surface area contributed by atoms with E-state index in [-0.39, 0.29) is 5.56 Å². The largest absolute Gasteiger partial charge is 0.354 e. The summed E-state index contributed by atoms with van der Waals surface area (Å²) in [6.07, 6.45) is 6.74. The van der Waals surface area contributed by atoms with E-state index in [0.717, 1.165) is 22.4 Å². The summed E-state index contributed by atoms with van der Waals surface area (Å²) in [5, 5.41) is 22.5. The van der Waals surface area contributed by atoms with Crippen molar-refractivity contribution in [2.75, 3.05) is 5.32 Å². The standard InChI is InChI=1S/C29H25N7O/c1-18(20-8-9-32-26(11-20)29(3,4)17-31)35-24-12-25(19(2)33-15-24)23-10-22(13-30)28(34-14-23)21-6-7-27(37)36(5)16-21/h6-12,14-16,35H,1H2,2-5H3. The Hall–Kier alpha value is -5.08. The molecule has 4 heterocycles. The topological polar surface area (TPSA) is 120 Å². The van der Waals surface area contributed by atoms with Crippen molar-refractivity contribution in [3.63, 3.8) is 0 Å².